The zero-order chi connectivity index (χ0) is 12.6. The lowest BCUT2D eigenvalue weighted by Crippen LogP contribution is -2.62. The summed E-state index contributed by atoms with van der Waals surface area (Å²) < 4.78 is 5.85. The number of morpholine rings is 1. The molecule has 1 saturated heterocycles. The molecule has 0 aromatic heterocycles. The van der Waals surface area contributed by atoms with Gasteiger partial charge >= 0.3 is 5.97 Å². The second kappa shape index (κ2) is 4.94. The zero-order valence-corrected chi connectivity index (χ0v) is 10.8. The summed E-state index contributed by atoms with van der Waals surface area (Å²) in [5.41, 5.74) is 0. The Hall–Kier alpha value is -0.610. The Morgan fingerprint density at radius 1 is 1.41 bits per heavy atom. The summed E-state index contributed by atoms with van der Waals surface area (Å²) in [5.74, 6) is 0.554. The number of nitrogens with one attached hydrogen (secondary N) is 1. The number of carboxylic acid groups (broad SMARTS) is 1. The molecule has 0 aromatic carbocycles. The van der Waals surface area contributed by atoms with Crippen LogP contribution in [-0.4, -0.2) is 35.4 Å². The van der Waals surface area contributed by atoms with E-state index in [0.717, 1.165) is 12.8 Å². The fourth-order valence-electron chi connectivity index (χ4n) is 3.11. The molecule has 2 rings (SSSR count). The number of ether oxygens (including phenoxy) is 1. The van der Waals surface area contributed by atoms with Crippen LogP contribution < -0.4 is 5.32 Å². The third-order valence-electron chi connectivity index (χ3n) is 4.29. The smallest absolute Gasteiger partial charge is 0.323 e. The molecule has 5 unspecified atom stereocenters. The van der Waals surface area contributed by atoms with E-state index in [2.05, 4.69) is 19.2 Å². The molecular formula is C13H23NO3. The van der Waals surface area contributed by atoms with E-state index in [9.17, 15) is 4.79 Å². The molecule has 0 aromatic rings. The highest BCUT2D eigenvalue weighted by molar-refractivity contribution is 5.74. The summed E-state index contributed by atoms with van der Waals surface area (Å²) in [7, 11) is 0. The molecular weight excluding hydrogens is 218 g/mol. The zero-order valence-electron chi connectivity index (χ0n) is 10.8. The molecule has 98 valence electrons. The Bertz CT molecular complexity index is 292. The number of fused-ring (bicyclic) bond motifs is 1. The molecule has 4 nitrogen and oxygen atoms in total. The lowest BCUT2D eigenvalue weighted by Gasteiger charge is -2.45. The van der Waals surface area contributed by atoms with Crippen LogP contribution in [0.3, 0.4) is 0 Å². The maximum absolute atomic E-state index is 11.1. The van der Waals surface area contributed by atoms with E-state index in [0.29, 0.717) is 11.8 Å². The Labute approximate surface area is 103 Å². The van der Waals surface area contributed by atoms with Crippen molar-refractivity contribution in [2.75, 3.05) is 0 Å². The largest absolute Gasteiger partial charge is 0.480 e. The van der Waals surface area contributed by atoms with Gasteiger partial charge in [0.2, 0.25) is 0 Å². The van der Waals surface area contributed by atoms with Crippen LogP contribution in [0.25, 0.3) is 0 Å². The molecule has 2 fully saturated rings. The van der Waals surface area contributed by atoms with Gasteiger partial charge in [-0.25, -0.2) is 0 Å². The van der Waals surface area contributed by atoms with Gasteiger partial charge in [0.15, 0.2) is 0 Å². The highest BCUT2D eigenvalue weighted by Gasteiger charge is 2.42. The molecule has 1 aliphatic heterocycles. The first-order valence-corrected chi connectivity index (χ1v) is 6.63. The van der Waals surface area contributed by atoms with Crippen molar-refractivity contribution in [3.8, 4) is 0 Å². The van der Waals surface area contributed by atoms with Crippen LogP contribution in [0, 0.1) is 11.8 Å². The van der Waals surface area contributed by atoms with Crippen LogP contribution in [0.2, 0.25) is 0 Å². The average molecular weight is 241 g/mol. The van der Waals surface area contributed by atoms with Gasteiger partial charge in [-0.15, -0.1) is 0 Å². The SMILES string of the molecule is CC(C)C1CCC2OC(C)C(C(=O)O)NC2C1. The molecule has 0 amide bonds. The lowest BCUT2D eigenvalue weighted by molar-refractivity contribution is -0.155. The van der Waals surface area contributed by atoms with Gasteiger partial charge in [0.25, 0.3) is 0 Å². The van der Waals surface area contributed by atoms with E-state index in [-0.39, 0.29) is 18.2 Å². The first kappa shape index (κ1) is 12.8. The fraction of sp³-hybridized carbons (Fsp3) is 0.923. The van der Waals surface area contributed by atoms with Crippen molar-refractivity contribution in [3.05, 3.63) is 0 Å². The molecule has 0 bridgehead atoms. The minimum absolute atomic E-state index is 0.204. The third kappa shape index (κ3) is 2.63. The summed E-state index contributed by atoms with van der Waals surface area (Å²) in [6.45, 7) is 6.33. The summed E-state index contributed by atoms with van der Waals surface area (Å²) in [6.07, 6.45) is 3.26. The Morgan fingerprint density at radius 3 is 2.71 bits per heavy atom. The molecule has 17 heavy (non-hydrogen) atoms. The summed E-state index contributed by atoms with van der Waals surface area (Å²) >= 11 is 0. The first-order chi connectivity index (χ1) is 7.99. The molecule has 1 saturated carbocycles. The minimum atomic E-state index is -0.803. The highest BCUT2D eigenvalue weighted by Crippen LogP contribution is 2.34. The predicted octanol–water partition coefficient (Wildman–Crippen LogP) is 1.64. The number of hydrogen-bond acceptors (Lipinski definition) is 3. The lowest BCUT2D eigenvalue weighted by atomic mass is 9.77. The van der Waals surface area contributed by atoms with Crippen LogP contribution in [0.15, 0.2) is 0 Å². The average Bonchev–Trinajstić information content (AvgIpc) is 2.27. The molecule has 4 heteroatoms. The van der Waals surface area contributed by atoms with Gasteiger partial charge < -0.3 is 9.84 Å². The standard InChI is InChI=1S/C13H23NO3/c1-7(2)9-4-5-11-10(6-9)14-12(13(15)16)8(3)17-11/h7-12,14H,4-6H2,1-3H3,(H,15,16). The fourth-order valence-corrected chi connectivity index (χ4v) is 3.11. The van der Waals surface area contributed by atoms with Gasteiger partial charge in [-0.3, -0.25) is 10.1 Å². The van der Waals surface area contributed by atoms with Crippen molar-refractivity contribution < 1.29 is 14.6 Å². The van der Waals surface area contributed by atoms with E-state index >= 15 is 0 Å². The summed E-state index contributed by atoms with van der Waals surface area (Å²) in [4.78, 5) is 11.1. The van der Waals surface area contributed by atoms with Crippen LogP contribution >= 0.6 is 0 Å². The maximum atomic E-state index is 11.1. The molecule has 2 aliphatic rings. The molecule has 2 N–H and O–H groups in total. The Balaban J connectivity index is 2.02. The van der Waals surface area contributed by atoms with E-state index in [1.165, 1.54) is 6.42 Å². The van der Waals surface area contributed by atoms with E-state index in [1.807, 2.05) is 6.92 Å². The van der Waals surface area contributed by atoms with Crippen LogP contribution in [-0.2, 0) is 9.53 Å². The third-order valence-corrected chi connectivity index (χ3v) is 4.29. The Morgan fingerprint density at radius 2 is 2.12 bits per heavy atom. The number of rotatable bonds is 2. The first-order valence-electron chi connectivity index (χ1n) is 6.63. The second-order valence-corrected chi connectivity index (χ2v) is 5.79. The van der Waals surface area contributed by atoms with E-state index in [1.54, 1.807) is 0 Å². The number of hydrogen-bond donors (Lipinski definition) is 2. The number of carboxylic acids is 1. The molecule has 0 spiro atoms. The monoisotopic (exact) mass is 241 g/mol. The van der Waals surface area contributed by atoms with Crippen molar-refractivity contribution in [2.24, 2.45) is 11.8 Å². The van der Waals surface area contributed by atoms with Crippen molar-refractivity contribution in [1.29, 1.82) is 0 Å². The van der Waals surface area contributed by atoms with Crippen LogP contribution in [0.4, 0.5) is 0 Å². The number of aliphatic carboxylic acids is 1. The van der Waals surface area contributed by atoms with Gasteiger partial charge in [-0.05, 0) is 38.0 Å². The van der Waals surface area contributed by atoms with Gasteiger partial charge in [-0.2, -0.15) is 0 Å². The minimum Gasteiger partial charge on any atom is -0.480 e. The van der Waals surface area contributed by atoms with Gasteiger partial charge in [-0.1, -0.05) is 13.8 Å². The van der Waals surface area contributed by atoms with Gasteiger partial charge in [0.1, 0.15) is 6.04 Å². The van der Waals surface area contributed by atoms with Gasteiger partial charge in [0, 0.05) is 6.04 Å². The second-order valence-electron chi connectivity index (χ2n) is 5.79. The number of carbonyl (C=O) groups is 1. The van der Waals surface area contributed by atoms with Crippen molar-refractivity contribution in [2.45, 2.75) is 64.3 Å². The van der Waals surface area contributed by atoms with Crippen LogP contribution in [0.1, 0.15) is 40.0 Å². The van der Waals surface area contributed by atoms with Crippen molar-refractivity contribution >= 4 is 5.97 Å². The molecule has 0 radical (unpaired) electrons. The predicted molar refractivity (Wildman–Crippen MR) is 64.9 cm³/mol. The topological polar surface area (TPSA) is 58.6 Å². The van der Waals surface area contributed by atoms with Crippen molar-refractivity contribution in [1.82, 2.24) is 5.32 Å². The van der Waals surface area contributed by atoms with Crippen molar-refractivity contribution in [3.63, 3.8) is 0 Å². The van der Waals surface area contributed by atoms with E-state index in [4.69, 9.17) is 9.84 Å². The Kier molecular flexibility index (Phi) is 3.73. The molecule has 1 aliphatic carbocycles. The maximum Gasteiger partial charge on any atom is 0.323 e. The normalized spacial score (nSPS) is 42.2. The van der Waals surface area contributed by atoms with Gasteiger partial charge in [0.05, 0.1) is 12.2 Å². The summed E-state index contributed by atoms with van der Waals surface area (Å²) in [6, 6.07) is -0.337. The van der Waals surface area contributed by atoms with Crippen LogP contribution in [0.5, 0.6) is 0 Å². The molecule has 5 atom stereocenters. The quantitative estimate of drug-likeness (QED) is 0.771. The molecule has 1 heterocycles. The highest BCUT2D eigenvalue weighted by atomic mass is 16.5. The summed E-state index contributed by atoms with van der Waals surface area (Å²) in [5, 5.41) is 12.4. The van der Waals surface area contributed by atoms with E-state index < -0.39 is 12.0 Å².